The molecule has 2 aromatic heterocycles. The number of benzene rings is 1. The average Bonchev–Trinajstić information content (AvgIpc) is 3.36. The van der Waals surface area contributed by atoms with E-state index in [0.29, 0.717) is 5.56 Å². The fourth-order valence-corrected chi connectivity index (χ4v) is 4.24. The number of hydrogen-bond acceptors (Lipinski definition) is 3. The number of anilines is 1. The first-order valence-corrected chi connectivity index (χ1v) is 10.6. The van der Waals surface area contributed by atoms with Gasteiger partial charge in [-0.1, -0.05) is 19.4 Å². The van der Waals surface area contributed by atoms with Gasteiger partial charge in [-0.2, -0.15) is 11.3 Å². The van der Waals surface area contributed by atoms with Gasteiger partial charge in [0.1, 0.15) is 0 Å². The lowest BCUT2D eigenvalue weighted by Gasteiger charge is -2.26. The summed E-state index contributed by atoms with van der Waals surface area (Å²) in [5.41, 5.74) is 5.30. The van der Waals surface area contributed by atoms with Crippen LogP contribution in [0.25, 0.3) is 16.5 Å². The fraction of sp³-hybridized carbons (Fsp3) is 0.318. The number of thiophene rings is 1. The number of carbonyl (C=O) groups is 1. The van der Waals surface area contributed by atoms with E-state index in [0.717, 1.165) is 30.7 Å². The van der Waals surface area contributed by atoms with Gasteiger partial charge in [0.2, 0.25) is 0 Å². The van der Waals surface area contributed by atoms with Crippen molar-refractivity contribution in [3.63, 3.8) is 0 Å². The zero-order valence-corrected chi connectivity index (χ0v) is 16.4. The Balaban J connectivity index is 1.54. The molecule has 2 N–H and O–H groups in total. The van der Waals surface area contributed by atoms with Gasteiger partial charge in [0.25, 0.3) is 5.91 Å². The van der Waals surface area contributed by atoms with Crippen LogP contribution in [0.2, 0.25) is 0 Å². The molecule has 3 heterocycles. The zero-order chi connectivity index (χ0) is 18.6. The molecule has 1 aliphatic rings. The SMILES string of the molecule is CCCCN1CC=C(c2c[nH]c3ccc(NC(=O)c4ccsc4)cc23)CC1. The first-order chi connectivity index (χ1) is 13.2. The number of fused-ring (bicyclic) bond motifs is 1. The quantitative estimate of drug-likeness (QED) is 0.605. The summed E-state index contributed by atoms with van der Waals surface area (Å²) in [6, 6.07) is 7.92. The molecule has 0 fully saturated rings. The van der Waals surface area contributed by atoms with Crippen molar-refractivity contribution in [1.29, 1.82) is 0 Å². The van der Waals surface area contributed by atoms with Gasteiger partial charge in [-0.15, -0.1) is 0 Å². The molecule has 0 unspecified atom stereocenters. The molecular formula is C22H25N3OS. The van der Waals surface area contributed by atoms with E-state index in [1.54, 1.807) is 0 Å². The van der Waals surface area contributed by atoms with Crippen LogP contribution in [0.4, 0.5) is 5.69 Å². The maximum absolute atomic E-state index is 12.3. The van der Waals surface area contributed by atoms with Crippen LogP contribution in [0.3, 0.4) is 0 Å². The highest BCUT2D eigenvalue weighted by atomic mass is 32.1. The van der Waals surface area contributed by atoms with Crippen molar-refractivity contribution in [2.24, 2.45) is 0 Å². The predicted molar refractivity (Wildman–Crippen MR) is 115 cm³/mol. The third-order valence-electron chi connectivity index (χ3n) is 5.19. The van der Waals surface area contributed by atoms with Crippen LogP contribution in [0, 0.1) is 0 Å². The highest BCUT2D eigenvalue weighted by Gasteiger charge is 2.16. The van der Waals surface area contributed by atoms with Gasteiger partial charge in [-0.3, -0.25) is 9.69 Å². The molecule has 4 rings (SSSR count). The van der Waals surface area contributed by atoms with E-state index in [-0.39, 0.29) is 5.91 Å². The highest BCUT2D eigenvalue weighted by molar-refractivity contribution is 7.08. The van der Waals surface area contributed by atoms with Gasteiger partial charge in [0.15, 0.2) is 0 Å². The van der Waals surface area contributed by atoms with Crippen LogP contribution in [0.15, 0.2) is 47.3 Å². The molecule has 27 heavy (non-hydrogen) atoms. The van der Waals surface area contributed by atoms with Crippen LogP contribution >= 0.6 is 11.3 Å². The van der Waals surface area contributed by atoms with Gasteiger partial charge >= 0.3 is 0 Å². The second-order valence-corrected chi connectivity index (χ2v) is 7.84. The van der Waals surface area contributed by atoms with Crippen molar-refractivity contribution in [2.45, 2.75) is 26.2 Å². The van der Waals surface area contributed by atoms with Crippen LogP contribution in [0.1, 0.15) is 42.1 Å². The lowest BCUT2D eigenvalue weighted by molar-refractivity contribution is 0.102. The lowest BCUT2D eigenvalue weighted by atomic mass is 9.98. The zero-order valence-electron chi connectivity index (χ0n) is 15.6. The van der Waals surface area contributed by atoms with E-state index < -0.39 is 0 Å². The topological polar surface area (TPSA) is 48.1 Å². The normalized spacial score (nSPS) is 15.1. The van der Waals surface area contributed by atoms with Gasteiger partial charge in [0.05, 0.1) is 5.56 Å². The minimum absolute atomic E-state index is 0.0591. The molecule has 140 valence electrons. The van der Waals surface area contributed by atoms with Gasteiger partial charge < -0.3 is 10.3 Å². The lowest BCUT2D eigenvalue weighted by Crippen LogP contribution is -2.29. The molecule has 1 aromatic carbocycles. The number of unbranched alkanes of at least 4 members (excludes halogenated alkanes) is 1. The summed E-state index contributed by atoms with van der Waals surface area (Å²) < 4.78 is 0. The summed E-state index contributed by atoms with van der Waals surface area (Å²) in [6.07, 6.45) is 8.04. The van der Waals surface area contributed by atoms with Crippen molar-refractivity contribution in [3.05, 3.63) is 58.4 Å². The predicted octanol–water partition coefficient (Wildman–Crippen LogP) is 5.37. The molecule has 0 spiro atoms. The molecule has 0 aliphatic carbocycles. The van der Waals surface area contributed by atoms with Crippen molar-refractivity contribution in [3.8, 4) is 0 Å². The van der Waals surface area contributed by atoms with E-state index in [4.69, 9.17) is 0 Å². The third kappa shape index (κ3) is 3.99. The van der Waals surface area contributed by atoms with Gasteiger partial charge in [-0.25, -0.2) is 0 Å². The van der Waals surface area contributed by atoms with Crippen molar-refractivity contribution >= 4 is 39.4 Å². The number of hydrogen-bond donors (Lipinski definition) is 2. The Bertz CT molecular complexity index is 955. The van der Waals surface area contributed by atoms with Crippen molar-refractivity contribution in [1.82, 2.24) is 9.88 Å². The summed E-state index contributed by atoms with van der Waals surface area (Å²) in [5, 5.41) is 7.97. The van der Waals surface area contributed by atoms with Crippen LogP contribution in [-0.2, 0) is 0 Å². The molecule has 0 radical (unpaired) electrons. The maximum Gasteiger partial charge on any atom is 0.256 e. The van der Waals surface area contributed by atoms with E-state index in [1.807, 2.05) is 29.0 Å². The molecule has 5 heteroatoms. The Morgan fingerprint density at radius 2 is 2.26 bits per heavy atom. The molecular weight excluding hydrogens is 354 g/mol. The van der Waals surface area contributed by atoms with Crippen molar-refractivity contribution < 1.29 is 4.79 Å². The third-order valence-corrected chi connectivity index (χ3v) is 5.87. The summed E-state index contributed by atoms with van der Waals surface area (Å²) in [4.78, 5) is 18.2. The first-order valence-electron chi connectivity index (χ1n) is 9.61. The van der Waals surface area contributed by atoms with Gasteiger partial charge in [0, 0.05) is 46.8 Å². The van der Waals surface area contributed by atoms with Crippen LogP contribution in [0.5, 0.6) is 0 Å². The summed E-state index contributed by atoms with van der Waals surface area (Å²) in [5.74, 6) is -0.0591. The smallest absolute Gasteiger partial charge is 0.256 e. The largest absolute Gasteiger partial charge is 0.361 e. The molecule has 0 bridgehead atoms. The van der Waals surface area contributed by atoms with E-state index in [9.17, 15) is 4.79 Å². The van der Waals surface area contributed by atoms with E-state index >= 15 is 0 Å². The Labute approximate surface area is 163 Å². The first kappa shape index (κ1) is 18.0. The summed E-state index contributed by atoms with van der Waals surface area (Å²) in [6.45, 7) is 5.57. The molecule has 3 aromatic rings. The summed E-state index contributed by atoms with van der Waals surface area (Å²) in [7, 11) is 0. The Morgan fingerprint density at radius 1 is 1.33 bits per heavy atom. The molecule has 0 atom stereocenters. The second kappa shape index (κ2) is 8.11. The Kier molecular flexibility index (Phi) is 5.41. The minimum Gasteiger partial charge on any atom is -0.361 e. The summed E-state index contributed by atoms with van der Waals surface area (Å²) >= 11 is 1.53. The number of nitrogens with zero attached hydrogens (tertiary/aromatic N) is 1. The number of carbonyl (C=O) groups excluding carboxylic acids is 1. The molecule has 1 aliphatic heterocycles. The molecule has 4 nitrogen and oxygen atoms in total. The number of aromatic amines is 1. The minimum atomic E-state index is -0.0591. The molecule has 0 saturated carbocycles. The number of H-pyrrole nitrogens is 1. The van der Waals surface area contributed by atoms with Gasteiger partial charge in [-0.05, 0) is 54.6 Å². The standard InChI is InChI=1S/C22H25N3OS/c1-2-3-9-25-10-6-16(7-11-25)20-14-23-21-5-4-18(13-19(20)21)24-22(26)17-8-12-27-15-17/h4-6,8,12-15,23H,2-3,7,9-11H2,1H3,(H,24,26). The fourth-order valence-electron chi connectivity index (χ4n) is 3.60. The number of aromatic nitrogens is 1. The average molecular weight is 380 g/mol. The Hall–Kier alpha value is -2.37. The number of rotatable bonds is 6. The molecule has 0 saturated heterocycles. The number of amides is 1. The van der Waals surface area contributed by atoms with Crippen LogP contribution < -0.4 is 5.32 Å². The van der Waals surface area contributed by atoms with E-state index in [1.165, 1.54) is 47.2 Å². The van der Waals surface area contributed by atoms with Crippen molar-refractivity contribution in [2.75, 3.05) is 25.0 Å². The Morgan fingerprint density at radius 3 is 3.00 bits per heavy atom. The van der Waals surface area contributed by atoms with Crippen LogP contribution in [-0.4, -0.2) is 35.4 Å². The number of nitrogens with one attached hydrogen (secondary N) is 2. The second-order valence-electron chi connectivity index (χ2n) is 7.06. The molecule has 1 amide bonds. The highest BCUT2D eigenvalue weighted by Crippen LogP contribution is 2.31. The van der Waals surface area contributed by atoms with E-state index in [2.05, 4.69) is 40.5 Å². The monoisotopic (exact) mass is 379 g/mol. The maximum atomic E-state index is 12.3.